The van der Waals surface area contributed by atoms with Gasteiger partial charge in [0.1, 0.15) is 0 Å². The van der Waals surface area contributed by atoms with Gasteiger partial charge in [-0.05, 0) is 41.5 Å². The van der Waals surface area contributed by atoms with Crippen molar-refractivity contribution in [3.8, 4) is 0 Å². The Morgan fingerprint density at radius 3 is 2.38 bits per heavy atom. The molecular weight excluding hydrogens is 322 g/mol. The summed E-state index contributed by atoms with van der Waals surface area (Å²) in [4.78, 5) is 25.0. The smallest absolute Gasteiger partial charge is 0.338 e. The summed E-state index contributed by atoms with van der Waals surface area (Å²) in [5.74, 6) is -0.801. The Balaban J connectivity index is 1.85. The Kier molecular flexibility index (Phi) is 5.78. The molecule has 1 unspecified atom stereocenters. The molecule has 0 radical (unpaired) electrons. The van der Waals surface area contributed by atoms with Gasteiger partial charge < -0.3 is 10.1 Å². The number of nitrogens with one attached hydrogen (secondary N) is 1. The summed E-state index contributed by atoms with van der Waals surface area (Å²) in [5, 5.41) is 4.77. The van der Waals surface area contributed by atoms with Crippen LogP contribution in [0.4, 0.5) is 0 Å². The first kappa shape index (κ1) is 18.2. The van der Waals surface area contributed by atoms with Crippen LogP contribution in [0.25, 0.3) is 0 Å². The van der Waals surface area contributed by atoms with E-state index in [4.69, 9.17) is 4.74 Å². The lowest BCUT2D eigenvalue weighted by atomic mass is 9.87. The molecule has 1 heterocycles. The zero-order valence-electron chi connectivity index (χ0n) is 14.5. The number of esters is 1. The van der Waals surface area contributed by atoms with Crippen LogP contribution in [-0.4, -0.2) is 18.5 Å². The van der Waals surface area contributed by atoms with Crippen LogP contribution in [0, 0.1) is 0 Å². The maximum Gasteiger partial charge on any atom is 0.338 e. The predicted octanol–water partition coefficient (Wildman–Crippen LogP) is 4.08. The van der Waals surface area contributed by atoms with E-state index in [1.807, 2.05) is 36.6 Å². The Morgan fingerprint density at radius 1 is 1.17 bits per heavy atom. The molecule has 1 N–H and O–H groups in total. The van der Waals surface area contributed by atoms with Gasteiger partial charge in [-0.3, -0.25) is 4.79 Å². The third-order valence-corrected chi connectivity index (χ3v) is 4.72. The van der Waals surface area contributed by atoms with Crippen molar-refractivity contribution in [1.29, 1.82) is 0 Å². The highest BCUT2D eigenvalue weighted by atomic mass is 32.1. The van der Waals surface area contributed by atoms with Crippen LogP contribution in [0.5, 0.6) is 0 Å². The van der Waals surface area contributed by atoms with Crippen molar-refractivity contribution in [2.75, 3.05) is 6.61 Å². The molecule has 1 amide bonds. The van der Waals surface area contributed by atoms with Crippen LogP contribution in [0.2, 0.25) is 0 Å². The van der Waals surface area contributed by atoms with Gasteiger partial charge in [0, 0.05) is 4.88 Å². The highest BCUT2D eigenvalue weighted by molar-refractivity contribution is 7.10. The van der Waals surface area contributed by atoms with Crippen molar-refractivity contribution in [3.63, 3.8) is 0 Å². The number of carbonyl (C=O) groups excluding carboxylic acids is 2. The van der Waals surface area contributed by atoms with Crippen molar-refractivity contribution < 1.29 is 14.3 Å². The minimum Gasteiger partial charge on any atom is -0.452 e. The first-order chi connectivity index (χ1) is 11.3. The van der Waals surface area contributed by atoms with Crippen LogP contribution in [0.3, 0.4) is 0 Å². The molecular formula is C19H23NO3S. The molecule has 0 aliphatic heterocycles. The molecule has 4 nitrogen and oxygen atoms in total. The molecule has 0 saturated carbocycles. The number of ether oxygens (including phenoxy) is 1. The molecule has 0 aliphatic rings. The van der Waals surface area contributed by atoms with Gasteiger partial charge in [0.15, 0.2) is 6.61 Å². The molecule has 0 aliphatic carbocycles. The largest absolute Gasteiger partial charge is 0.452 e. The minimum atomic E-state index is -0.491. The Labute approximate surface area is 146 Å². The van der Waals surface area contributed by atoms with Crippen molar-refractivity contribution in [2.24, 2.45) is 0 Å². The van der Waals surface area contributed by atoms with Gasteiger partial charge in [0.05, 0.1) is 11.6 Å². The summed E-state index contributed by atoms with van der Waals surface area (Å²) < 4.78 is 5.09. The fourth-order valence-electron chi connectivity index (χ4n) is 2.21. The molecule has 1 atom stereocenters. The second-order valence-electron chi connectivity index (χ2n) is 6.71. The highest BCUT2D eigenvalue weighted by Crippen LogP contribution is 2.22. The molecule has 5 heteroatoms. The van der Waals surface area contributed by atoms with Crippen LogP contribution in [-0.2, 0) is 14.9 Å². The molecule has 0 spiro atoms. The molecule has 2 aromatic rings. The standard InChI is InChI=1S/C19H23NO3S/c1-13(16-6-5-11-24-16)20-17(21)12-23-18(22)14-7-9-15(10-8-14)19(2,3)4/h5-11,13H,12H2,1-4H3,(H,20,21). The normalized spacial score (nSPS) is 12.5. The third-order valence-electron chi connectivity index (χ3n) is 3.67. The maximum absolute atomic E-state index is 12.0. The Hall–Kier alpha value is -2.14. The Morgan fingerprint density at radius 2 is 1.83 bits per heavy atom. The van der Waals surface area contributed by atoms with Crippen molar-refractivity contribution in [2.45, 2.75) is 39.2 Å². The zero-order chi connectivity index (χ0) is 17.7. The number of carbonyl (C=O) groups is 2. The fraction of sp³-hybridized carbons (Fsp3) is 0.368. The zero-order valence-corrected chi connectivity index (χ0v) is 15.3. The van der Waals surface area contributed by atoms with E-state index in [-0.39, 0.29) is 24.0 Å². The molecule has 0 saturated heterocycles. The van der Waals surface area contributed by atoms with Gasteiger partial charge in [0.2, 0.25) is 0 Å². The van der Waals surface area contributed by atoms with E-state index >= 15 is 0 Å². The van der Waals surface area contributed by atoms with Crippen LogP contribution >= 0.6 is 11.3 Å². The van der Waals surface area contributed by atoms with E-state index in [0.29, 0.717) is 5.56 Å². The number of amides is 1. The summed E-state index contributed by atoms with van der Waals surface area (Å²) in [6.07, 6.45) is 0. The summed E-state index contributed by atoms with van der Waals surface area (Å²) >= 11 is 1.58. The van der Waals surface area contributed by atoms with E-state index in [1.54, 1.807) is 23.5 Å². The second kappa shape index (κ2) is 7.62. The molecule has 0 fully saturated rings. The van der Waals surface area contributed by atoms with Crippen molar-refractivity contribution >= 4 is 23.2 Å². The second-order valence-corrected chi connectivity index (χ2v) is 7.69. The van der Waals surface area contributed by atoms with Crippen LogP contribution < -0.4 is 5.32 Å². The van der Waals surface area contributed by atoms with E-state index in [9.17, 15) is 9.59 Å². The lowest BCUT2D eigenvalue weighted by Gasteiger charge is -2.19. The summed E-state index contributed by atoms with van der Waals surface area (Å²) in [6.45, 7) is 7.95. The summed E-state index contributed by atoms with van der Waals surface area (Å²) in [6, 6.07) is 11.1. The van der Waals surface area contributed by atoms with Gasteiger partial charge in [-0.2, -0.15) is 0 Å². The maximum atomic E-state index is 12.0. The number of hydrogen-bond donors (Lipinski definition) is 1. The first-order valence-corrected chi connectivity index (χ1v) is 8.76. The number of hydrogen-bond acceptors (Lipinski definition) is 4. The fourth-order valence-corrected chi connectivity index (χ4v) is 2.95. The molecule has 2 rings (SSSR count). The van der Waals surface area contributed by atoms with Crippen LogP contribution in [0.15, 0.2) is 41.8 Å². The SMILES string of the molecule is CC(NC(=O)COC(=O)c1ccc(C(C)(C)C)cc1)c1cccs1. The van der Waals surface area contributed by atoms with Crippen molar-refractivity contribution in [3.05, 3.63) is 57.8 Å². The molecule has 1 aromatic carbocycles. The number of benzene rings is 1. The molecule has 0 bridgehead atoms. The molecule has 1 aromatic heterocycles. The van der Waals surface area contributed by atoms with E-state index in [1.165, 1.54) is 0 Å². The van der Waals surface area contributed by atoms with Gasteiger partial charge in [0.25, 0.3) is 5.91 Å². The molecule has 128 valence electrons. The lowest BCUT2D eigenvalue weighted by Crippen LogP contribution is -2.30. The topological polar surface area (TPSA) is 55.4 Å². The molecule has 24 heavy (non-hydrogen) atoms. The Bertz CT molecular complexity index is 684. The van der Waals surface area contributed by atoms with Gasteiger partial charge >= 0.3 is 5.97 Å². The lowest BCUT2D eigenvalue weighted by molar-refractivity contribution is -0.124. The number of thiophene rings is 1. The van der Waals surface area contributed by atoms with Crippen LogP contribution in [0.1, 0.15) is 54.5 Å². The summed E-state index contributed by atoms with van der Waals surface area (Å²) in [7, 11) is 0. The quantitative estimate of drug-likeness (QED) is 0.831. The monoisotopic (exact) mass is 345 g/mol. The van der Waals surface area contributed by atoms with Gasteiger partial charge in [-0.15, -0.1) is 11.3 Å². The average Bonchev–Trinajstić information content (AvgIpc) is 3.06. The third kappa shape index (κ3) is 4.93. The average molecular weight is 345 g/mol. The highest BCUT2D eigenvalue weighted by Gasteiger charge is 2.16. The van der Waals surface area contributed by atoms with E-state index in [2.05, 4.69) is 26.1 Å². The van der Waals surface area contributed by atoms with E-state index < -0.39 is 5.97 Å². The number of rotatable bonds is 5. The van der Waals surface area contributed by atoms with Gasteiger partial charge in [-0.1, -0.05) is 39.0 Å². The predicted molar refractivity (Wildman–Crippen MR) is 96.3 cm³/mol. The van der Waals surface area contributed by atoms with Crippen molar-refractivity contribution in [1.82, 2.24) is 5.32 Å². The minimum absolute atomic E-state index is 0.0280. The van der Waals surface area contributed by atoms with E-state index in [0.717, 1.165) is 10.4 Å². The summed E-state index contributed by atoms with van der Waals surface area (Å²) in [5.41, 5.74) is 1.61. The van der Waals surface area contributed by atoms with Gasteiger partial charge in [-0.25, -0.2) is 4.79 Å². The first-order valence-electron chi connectivity index (χ1n) is 7.88.